The Balaban J connectivity index is 1.53. The summed E-state index contributed by atoms with van der Waals surface area (Å²) in [5, 5.41) is 9.21. The van der Waals surface area contributed by atoms with Crippen LogP contribution in [-0.2, 0) is 9.59 Å². The minimum Gasteiger partial charge on any atom is -0.480 e. The van der Waals surface area contributed by atoms with Crippen molar-refractivity contribution in [1.82, 2.24) is 14.7 Å². The van der Waals surface area contributed by atoms with Gasteiger partial charge in [0.1, 0.15) is 6.04 Å². The lowest BCUT2D eigenvalue weighted by Crippen LogP contribution is -2.49. The Labute approximate surface area is 136 Å². The molecule has 3 amide bonds. The number of carbonyl (C=O) groups excluding carboxylic acids is 2. The summed E-state index contributed by atoms with van der Waals surface area (Å²) in [6.07, 6.45) is 4.74. The maximum atomic E-state index is 12.6. The van der Waals surface area contributed by atoms with Gasteiger partial charge in [0.05, 0.1) is 0 Å². The number of nitrogens with zero attached hydrogens (tertiary/aromatic N) is 3. The minimum atomic E-state index is -0.905. The average molecular weight is 323 g/mol. The molecule has 0 aliphatic carbocycles. The number of likely N-dealkylation sites (tertiary alicyclic amines) is 3. The normalized spacial score (nSPS) is 25.9. The van der Waals surface area contributed by atoms with Gasteiger partial charge in [-0.05, 0) is 38.5 Å². The fraction of sp³-hybridized carbons (Fsp3) is 0.812. The fourth-order valence-electron chi connectivity index (χ4n) is 3.95. The van der Waals surface area contributed by atoms with Gasteiger partial charge in [0.2, 0.25) is 5.91 Å². The minimum absolute atomic E-state index is 0.0387. The molecule has 0 bridgehead atoms. The SMILES string of the molecule is O=C(O)[C@@H]1CCCN1C(=O)C1CCN(C(=O)N2CCCC2)CC1. The molecule has 0 spiro atoms. The molecule has 3 rings (SSSR count). The van der Waals surface area contributed by atoms with Gasteiger partial charge in [-0.15, -0.1) is 0 Å². The fourth-order valence-corrected chi connectivity index (χ4v) is 3.95. The molecule has 3 aliphatic heterocycles. The molecule has 128 valence electrons. The Hall–Kier alpha value is -1.79. The van der Waals surface area contributed by atoms with Gasteiger partial charge in [-0.2, -0.15) is 0 Å². The van der Waals surface area contributed by atoms with E-state index in [4.69, 9.17) is 0 Å². The van der Waals surface area contributed by atoms with E-state index in [9.17, 15) is 19.5 Å². The van der Waals surface area contributed by atoms with E-state index in [1.54, 1.807) is 0 Å². The largest absolute Gasteiger partial charge is 0.480 e. The van der Waals surface area contributed by atoms with Crippen LogP contribution in [0.4, 0.5) is 4.79 Å². The highest BCUT2D eigenvalue weighted by molar-refractivity contribution is 5.86. The standard InChI is InChI=1S/C16H25N3O4/c20-14(19-9-3-4-13(19)15(21)22)12-5-10-18(11-6-12)16(23)17-7-1-2-8-17/h12-13H,1-11H2,(H,21,22)/t13-/m0/s1. The summed E-state index contributed by atoms with van der Waals surface area (Å²) in [6, 6.07) is -0.565. The number of hydrogen-bond donors (Lipinski definition) is 1. The summed E-state index contributed by atoms with van der Waals surface area (Å²) < 4.78 is 0. The van der Waals surface area contributed by atoms with Gasteiger partial charge in [0.15, 0.2) is 0 Å². The molecule has 3 aliphatic rings. The third kappa shape index (κ3) is 3.28. The lowest BCUT2D eigenvalue weighted by Gasteiger charge is -2.35. The summed E-state index contributed by atoms with van der Waals surface area (Å²) in [4.78, 5) is 41.5. The monoisotopic (exact) mass is 323 g/mol. The van der Waals surface area contributed by atoms with Gasteiger partial charge in [0, 0.05) is 38.6 Å². The van der Waals surface area contributed by atoms with Gasteiger partial charge in [-0.3, -0.25) is 4.79 Å². The highest BCUT2D eigenvalue weighted by Gasteiger charge is 2.38. The molecule has 23 heavy (non-hydrogen) atoms. The molecule has 0 aromatic rings. The van der Waals surface area contributed by atoms with E-state index in [1.165, 1.54) is 4.90 Å². The quantitative estimate of drug-likeness (QED) is 0.822. The predicted molar refractivity (Wildman–Crippen MR) is 82.9 cm³/mol. The number of urea groups is 1. The van der Waals surface area contributed by atoms with E-state index in [0.717, 1.165) is 32.4 Å². The van der Waals surface area contributed by atoms with Crippen LogP contribution in [0.15, 0.2) is 0 Å². The zero-order chi connectivity index (χ0) is 16.4. The van der Waals surface area contributed by atoms with Crippen LogP contribution in [-0.4, -0.2) is 76.5 Å². The Bertz CT molecular complexity index is 482. The first-order valence-corrected chi connectivity index (χ1v) is 8.65. The van der Waals surface area contributed by atoms with Crippen LogP contribution in [0.1, 0.15) is 38.5 Å². The first-order chi connectivity index (χ1) is 11.1. The Kier molecular flexibility index (Phi) is 4.73. The number of carbonyl (C=O) groups is 3. The molecule has 3 heterocycles. The molecule has 0 aromatic carbocycles. The maximum Gasteiger partial charge on any atom is 0.326 e. The molecule has 7 nitrogen and oxygen atoms in total. The van der Waals surface area contributed by atoms with Crippen molar-refractivity contribution in [1.29, 1.82) is 0 Å². The second kappa shape index (κ2) is 6.76. The highest BCUT2D eigenvalue weighted by Crippen LogP contribution is 2.26. The molecular formula is C16H25N3O4. The molecule has 3 fully saturated rings. The number of carboxylic acids is 1. The topological polar surface area (TPSA) is 81.2 Å². The van der Waals surface area contributed by atoms with Crippen molar-refractivity contribution in [2.45, 2.75) is 44.6 Å². The molecule has 0 aromatic heterocycles. The van der Waals surface area contributed by atoms with E-state index in [2.05, 4.69) is 0 Å². The van der Waals surface area contributed by atoms with Gasteiger partial charge in [-0.25, -0.2) is 9.59 Å². The van der Waals surface area contributed by atoms with Crippen molar-refractivity contribution in [3.05, 3.63) is 0 Å². The summed E-state index contributed by atoms with van der Waals surface area (Å²) in [5.41, 5.74) is 0. The summed E-state index contributed by atoms with van der Waals surface area (Å²) in [5.74, 6) is -1.08. The smallest absolute Gasteiger partial charge is 0.326 e. The number of carboxylic acid groups (broad SMARTS) is 1. The second-order valence-electron chi connectivity index (χ2n) is 6.77. The predicted octanol–water partition coefficient (Wildman–Crippen LogP) is 0.990. The number of aliphatic carboxylic acids is 1. The average Bonchev–Trinajstić information content (AvgIpc) is 3.24. The molecule has 1 N–H and O–H groups in total. The molecule has 0 unspecified atom stereocenters. The van der Waals surface area contributed by atoms with Crippen molar-refractivity contribution in [3.63, 3.8) is 0 Å². The van der Waals surface area contributed by atoms with Crippen molar-refractivity contribution < 1.29 is 19.5 Å². The first kappa shape index (κ1) is 16.1. The molecule has 3 saturated heterocycles. The van der Waals surface area contributed by atoms with Crippen molar-refractivity contribution in [2.24, 2.45) is 5.92 Å². The number of rotatable bonds is 2. The summed E-state index contributed by atoms with van der Waals surface area (Å²) in [7, 11) is 0. The van der Waals surface area contributed by atoms with Gasteiger partial charge < -0.3 is 19.8 Å². The maximum absolute atomic E-state index is 12.6. The molecular weight excluding hydrogens is 298 g/mol. The van der Waals surface area contributed by atoms with Crippen LogP contribution < -0.4 is 0 Å². The zero-order valence-corrected chi connectivity index (χ0v) is 13.4. The van der Waals surface area contributed by atoms with E-state index < -0.39 is 12.0 Å². The molecule has 7 heteroatoms. The number of amides is 3. The van der Waals surface area contributed by atoms with Crippen molar-refractivity contribution in [3.8, 4) is 0 Å². The van der Waals surface area contributed by atoms with E-state index >= 15 is 0 Å². The highest BCUT2D eigenvalue weighted by atomic mass is 16.4. The van der Waals surface area contributed by atoms with Crippen LogP contribution in [0.2, 0.25) is 0 Å². The Morgan fingerprint density at radius 2 is 1.39 bits per heavy atom. The summed E-state index contributed by atoms with van der Waals surface area (Å²) in [6.45, 7) is 3.41. The number of hydrogen-bond acceptors (Lipinski definition) is 3. The van der Waals surface area contributed by atoms with Crippen molar-refractivity contribution in [2.75, 3.05) is 32.7 Å². The number of piperidine rings is 1. The van der Waals surface area contributed by atoms with Crippen LogP contribution in [0.3, 0.4) is 0 Å². The lowest BCUT2D eigenvalue weighted by atomic mass is 9.95. The molecule has 1 atom stereocenters. The first-order valence-electron chi connectivity index (χ1n) is 8.65. The van der Waals surface area contributed by atoms with Crippen LogP contribution in [0, 0.1) is 5.92 Å². The second-order valence-corrected chi connectivity index (χ2v) is 6.77. The van der Waals surface area contributed by atoms with E-state index in [0.29, 0.717) is 38.9 Å². The van der Waals surface area contributed by atoms with E-state index in [-0.39, 0.29) is 17.9 Å². The van der Waals surface area contributed by atoms with Gasteiger partial charge >= 0.3 is 12.0 Å². The Morgan fingerprint density at radius 1 is 0.783 bits per heavy atom. The van der Waals surface area contributed by atoms with Crippen molar-refractivity contribution >= 4 is 17.9 Å². The van der Waals surface area contributed by atoms with E-state index in [1.807, 2.05) is 9.80 Å². The third-order valence-corrected chi connectivity index (χ3v) is 5.31. The lowest BCUT2D eigenvalue weighted by molar-refractivity contribution is -0.150. The van der Waals surface area contributed by atoms with Gasteiger partial charge in [0.25, 0.3) is 0 Å². The summed E-state index contributed by atoms with van der Waals surface area (Å²) >= 11 is 0. The third-order valence-electron chi connectivity index (χ3n) is 5.31. The van der Waals surface area contributed by atoms with Gasteiger partial charge in [-0.1, -0.05) is 0 Å². The van der Waals surface area contributed by atoms with Crippen LogP contribution >= 0.6 is 0 Å². The van der Waals surface area contributed by atoms with Crippen LogP contribution in [0.5, 0.6) is 0 Å². The Morgan fingerprint density at radius 3 is 2.00 bits per heavy atom. The molecule has 0 saturated carbocycles. The zero-order valence-electron chi connectivity index (χ0n) is 13.4. The van der Waals surface area contributed by atoms with Crippen LogP contribution in [0.25, 0.3) is 0 Å². The molecule has 0 radical (unpaired) electrons.